The van der Waals surface area contributed by atoms with Crippen LogP contribution in [0.5, 0.6) is 0 Å². The van der Waals surface area contributed by atoms with E-state index in [9.17, 15) is 9.59 Å². The van der Waals surface area contributed by atoms with Crippen LogP contribution in [-0.4, -0.2) is 47.8 Å². The average molecular weight is 293 g/mol. The third-order valence-electron chi connectivity index (χ3n) is 3.03. The van der Waals surface area contributed by atoms with E-state index < -0.39 is 17.5 Å². The number of nitrogens with zero attached hydrogens (tertiary/aromatic N) is 2. The van der Waals surface area contributed by atoms with Gasteiger partial charge in [-0.2, -0.15) is 0 Å². The van der Waals surface area contributed by atoms with Crippen molar-refractivity contribution < 1.29 is 23.8 Å². The van der Waals surface area contributed by atoms with E-state index in [1.807, 2.05) is 0 Å². The highest BCUT2D eigenvalue weighted by Gasteiger charge is 2.42. The highest BCUT2D eigenvalue weighted by Crippen LogP contribution is 2.24. The van der Waals surface area contributed by atoms with Crippen LogP contribution in [0, 0.1) is 0 Å². The van der Waals surface area contributed by atoms with Crippen LogP contribution >= 0.6 is 0 Å². The SMILES string of the molecule is COC(=O)C1(COC(=O)c2cncnc2N)CC=CCO1. The van der Waals surface area contributed by atoms with Gasteiger partial charge in [-0.25, -0.2) is 19.6 Å². The maximum Gasteiger partial charge on any atom is 0.343 e. The number of methoxy groups -OCH3 is 1. The van der Waals surface area contributed by atoms with Gasteiger partial charge in [0.2, 0.25) is 5.60 Å². The largest absolute Gasteiger partial charge is 0.467 e. The zero-order chi connectivity index (χ0) is 15.3. The molecule has 0 saturated carbocycles. The van der Waals surface area contributed by atoms with Crippen LogP contribution < -0.4 is 5.73 Å². The molecule has 1 aliphatic heterocycles. The van der Waals surface area contributed by atoms with Crippen molar-refractivity contribution in [1.82, 2.24) is 9.97 Å². The lowest BCUT2D eigenvalue weighted by Crippen LogP contribution is -2.48. The van der Waals surface area contributed by atoms with Gasteiger partial charge in [0.05, 0.1) is 13.7 Å². The first-order valence-corrected chi connectivity index (χ1v) is 6.19. The zero-order valence-corrected chi connectivity index (χ0v) is 11.4. The molecule has 0 bridgehead atoms. The van der Waals surface area contributed by atoms with Crippen LogP contribution in [0.2, 0.25) is 0 Å². The van der Waals surface area contributed by atoms with Crippen molar-refractivity contribution >= 4 is 17.8 Å². The number of esters is 2. The minimum Gasteiger partial charge on any atom is -0.467 e. The van der Waals surface area contributed by atoms with E-state index >= 15 is 0 Å². The van der Waals surface area contributed by atoms with Gasteiger partial charge in [-0.15, -0.1) is 0 Å². The molecule has 0 amide bonds. The fourth-order valence-electron chi connectivity index (χ4n) is 1.85. The number of ether oxygens (including phenoxy) is 3. The third kappa shape index (κ3) is 3.16. The normalized spacial score (nSPS) is 20.8. The number of hydrogen-bond donors (Lipinski definition) is 1. The van der Waals surface area contributed by atoms with Crippen molar-refractivity contribution in [3.63, 3.8) is 0 Å². The molecule has 2 N–H and O–H groups in total. The van der Waals surface area contributed by atoms with Crippen LogP contribution in [0.15, 0.2) is 24.7 Å². The van der Waals surface area contributed by atoms with Gasteiger partial charge in [0.15, 0.2) is 0 Å². The van der Waals surface area contributed by atoms with Crippen molar-refractivity contribution in [1.29, 1.82) is 0 Å². The van der Waals surface area contributed by atoms with Gasteiger partial charge in [-0.05, 0) is 0 Å². The zero-order valence-electron chi connectivity index (χ0n) is 11.4. The number of aromatic nitrogens is 2. The molecule has 1 aliphatic rings. The molecule has 1 atom stereocenters. The summed E-state index contributed by atoms with van der Waals surface area (Å²) in [6.07, 6.45) is 6.27. The predicted molar refractivity (Wildman–Crippen MR) is 71.2 cm³/mol. The molecule has 1 aromatic rings. The first kappa shape index (κ1) is 14.9. The Morgan fingerprint density at radius 1 is 1.48 bits per heavy atom. The lowest BCUT2D eigenvalue weighted by molar-refractivity contribution is -0.174. The maximum absolute atomic E-state index is 12.0. The van der Waals surface area contributed by atoms with Crippen LogP contribution in [-0.2, 0) is 19.0 Å². The standard InChI is InChI=1S/C13H15N3O5/c1-19-12(18)13(4-2-3-5-21-13)7-20-11(17)9-6-15-8-16-10(9)14/h2-3,6,8H,4-5,7H2,1H3,(H2,14,15,16). The fourth-order valence-corrected chi connectivity index (χ4v) is 1.85. The highest BCUT2D eigenvalue weighted by molar-refractivity contribution is 5.94. The number of nitrogens with two attached hydrogens (primary N) is 1. The number of carbonyl (C=O) groups excluding carboxylic acids is 2. The highest BCUT2D eigenvalue weighted by atomic mass is 16.6. The number of carbonyl (C=O) groups is 2. The second-order valence-corrected chi connectivity index (χ2v) is 4.37. The third-order valence-corrected chi connectivity index (χ3v) is 3.03. The Balaban J connectivity index is 2.09. The van der Waals surface area contributed by atoms with Crippen LogP contribution in [0.1, 0.15) is 16.8 Å². The number of rotatable bonds is 4. The molecule has 0 spiro atoms. The Kier molecular flexibility index (Phi) is 4.49. The quantitative estimate of drug-likeness (QED) is 0.614. The van der Waals surface area contributed by atoms with Gasteiger partial charge in [-0.3, -0.25) is 0 Å². The summed E-state index contributed by atoms with van der Waals surface area (Å²) >= 11 is 0. The fraction of sp³-hybridized carbons (Fsp3) is 0.385. The molecule has 0 aromatic carbocycles. The van der Waals surface area contributed by atoms with E-state index in [1.165, 1.54) is 19.6 Å². The maximum atomic E-state index is 12.0. The minimum absolute atomic E-state index is 0.00609. The van der Waals surface area contributed by atoms with Crippen molar-refractivity contribution in [3.05, 3.63) is 30.2 Å². The number of nitrogen functional groups attached to an aromatic ring is 1. The lowest BCUT2D eigenvalue weighted by atomic mass is 9.98. The van der Waals surface area contributed by atoms with Gasteiger partial charge >= 0.3 is 11.9 Å². The molecule has 112 valence electrons. The molecule has 0 saturated heterocycles. The molecular weight excluding hydrogens is 278 g/mol. The van der Waals surface area contributed by atoms with E-state index in [2.05, 4.69) is 9.97 Å². The number of anilines is 1. The van der Waals surface area contributed by atoms with E-state index in [1.54, 1.807) is 12.2 Å². The molecule has 0 aliphatic carbocycles. The van der Waals surface area contributed by atoms with E-state index in [4.69, 9.17) is 19.9 Å². The molecule has 21 heavy (non-hydrogen) atoms. The van der Waals surface area contributed by atoms with Crippen molar-refractivity contribution in [2.75, 3.05) is 26.1 Å². The van der Waals surface area contributed by atoms with Crippen LogP contribution in [0.4, 0.5) is 5.82 Å². The molecule has 1 aromatic heterocycles. The monoisotopic (exact) mass is 293 g/mol. The Labute approximate surface area is 120 Å². The van der Waals surface area contributed by atoms with Gasteiger partial charge in [0.25, 0.3) is 0 Å². The second kappa shape index (κ2) is 6.31. The van der Waals surface area contributed by atoms with Gasteiger partial charge in [0.1, 0.15) is 24.3 Å². The predicted octanol–water partition coefficient (Wildman–Crippen LogP) is 0.104. The Morgan fingerprint density at radius 2 is 2.29 bits per heavy atom. The molecule has 8 nitrogen and oxygen atoms in total. The van der Waals surface area contributed by atoms with Gasteiger partial charge in [0, 0.05) is 12.6 Å². The van der Waals surface area contributed by atoms with E-state index in [0.717, 1.165) is 0 Å². The molecule has 2 rings (SSSR count). The first-order chi connectivity index (χ1) is 10.1. The summed E-state index contributed by atoms with van der Waals surface area (Å²) in [6.45, 7) is -0.0413. The summed E-state index contributed by atoms with van der Waals surface area (Å²) in [5.74, 6) is -1.32. The first-order valence-electron chi connectivity index (χ1n) is 6.19. The summed E-state index contributed by atoms with van der Waals surface area (Å²) in [4.78, 5) is 31.2. The van der Waals surface area contributed by atoms with Crippen molar-refractivity contribution in [3.8, 4) is 0 Å². The molecule has 2 heterocycles. The lowest BCUT2D eigenvalue weighted by Gasteiger charge is -2.31. The molecule has 0 radical (unpaired) electrons. The summed E-state index contributed by atoms with van der Waals surface area (Å²) in [6, 6.07) is 0. The van der Waals surface area contributed by atoms with E-state index in [0.29, 0.717) is 0 Å². The summed E-state index contributed by atoms with van der Waals surface area (Å²) in [5.41, 5.74) is 4.26. The van der Waals surface area contributed by atoms with Gasteiger partial charge < -0.3 is 19.9 Å². The Bertz CT molecular complexity index is 575. The average Bonchev–Trinajstić information content (AvgIpc) is 2.53. The molecule has 0 fully saturated rings. The summed E-state index contributed by atoms with van der Waals surface area (Å²) < 4.78 is 15.3. The van der Waals surface area contributed by atoms with E-state index in [-0.39, 0.29) is 31.0 Å². The topological polar surface area (TPSA) is 114 Å². The van der Waals surface area contributed by atoms with Crippen LogP contribution in [0.3, 0.4) is 0 Å². The van der Waals surface area contributed by atoms with Crippen molar-refractivity contribution in [2.24, 2.45) is 0 Å². The molecule has 8 heteroatoms. The van der Waals surface area contributed by atoms with Crippen molar-refractivity contribution in [2.45, 2.75) is 12.0 Å². The summed E-state index contributed by atoms with van der Waals surface area (Å²) in [5, 5.41) is 0. The smallest absolute Gasteiger partial charge is 0.343 e. The summed E-state index contributed by atoms with van der Waals surface area (Å²) in [7, 11) is 1.25. The molecular formula is C13H15N3O5. The molecule has 1 unspecified atom stereocenters. The van der Waals surface area contributed by atoms with Gasteiger partial charge in [-0.1, -0.05) is 12.2 Å². The van der Waals surface area contributed by atoms with Crippen LogP contribution in [0.25, 0.3) is 0 Å². The second-order valence-electron chi connectivity index (χ2n) is 4.37. The number of hydrogen-bond acceptors (Lipinski definition) is 8. The Hall–Kier alpha value is -2.48. The minimum atomic E-state index is -1.33. The Morgan fingerprint density at radius 3 is 2.90 bits per heavy atom.